The van der Waals surface area contributed by atoms with E-state index < -0.39 is 10.8 Å². The molecule has 0 bridgehead atoms. The summed E-state index contributed by atoms with van der Waals surface area (Å²) >= 11 is 0. The number of anilines is 2. The molecule has 5 nitrogen and oxygen atoms in total. The van der Waals surface area contributed by atoms with Gasteiger partial charge in [-0.2, -0.15) is 0 Å². The minimum Gasteiger partial charge on any atom is -0.383 e. The van der Waals surface area contributed by atoms with Gasteiger partial charge in [0.25, 0.3) is 0 Å². The molecular weight excluding hydrogens is 248 g/mol. The molecule has 0 spiro atoms. The van der Waals surface area contributed by atoms with Crippen molar-refractivity contribution in [3.63, 3.8) is 0 Å². The molecule has 1 aromatic rings. The van der Waals surface area contributed by atoms with Crippen molar-refractivity contribution < 1.29 is 4.21 Å². The van der Waals surface area contributed by atoms with E-state index in [-0.39, 0.29) is 6.04 Å². The van der Waals surface area contributed by atoms with Crippen molar-refractivity contribution in [1.82, 2.24) is 9.97 Å². The van der Waals surface area contributed by atoms with Crippen molar-refractivity contribution in [2.45, 2.75) is 38.6 Å². The molecular formula is C12H20N4OS. The fraction of sp³-hybridized carbons (Fsp3) is 0.667. The normalized spacial score (nSPS) is 18.4. The molecule has 2 rings (SSSR count). The summed E-state index contributed by atoms with van der Waals surface area (Å²) in [5, 5.41) is 3.28. The van der Waals surface area contributed by atoms with E-state index in [1.165, 1.54) is 0 Å². The first-order valence-electron chi connectivity index (χ1n) is 6.18. The van der Waals surface area contributed by atoms with Gasteiger partial charge in [-0.3, -0.25) is 4.21 Å². The van der Waals surface area contributed by atoms with E-state index in [1.807, 2.05) is 13.8 Å². The zero-order valence-corrected chi connectivity index (χ0v) is 11.9. The van der Waals surface area contributed by atoms with E-state index in [0.29, 0.717) is 17.5 Å². The first-order valence-corrected chi connectivity index (χ1v) is 7.90. The van der Waals surface area contributed by atoms with Crippen LogP contribution in [0.15, 0.2) is 0 Å². The molecule has 0 radical (unpaired) electrons. The van der Waals surface area contributed by atoms with E-state index >= 15 is 0 Å². The van der Waals surface area contributed by atoms with Gasteiger partial charge in [0.2, 0.25) is 0 Å². The van der Waals surface area contributed by atoms with Crippen LogP contribution in [-0.4, -0.2) is 32.2 Å². The molecule has 0 saturated heterocycles. The lowest BCUT2D eigenvalue weighted by molar-refractivity contribution is 0.682. The van der Waals surface area contributed by atoms with Gasteiger partial charge in [-0.25, -0.2) is 9.97 Å². The first-order chi connectivity index (χ1) is 8.47. The molecule has 0 aromatic carbocycles. The third-order valence-electron chi connectivity index (χ3n) is 3.01. The van der Waals surface area contributed by atoms with Crippen molar-refractivity contribution in [2.75, 3.05) is 23.1 Å². The molecule has 1 saturated carbocycles. The smallest absolute Gasteiger partial charge is 0.136 e. The SMILES string of the molecule is Cc1c(N)nc(C2CC2)nc1NC(C)CS(C)=O. The van der Waals surface area contributed by atoms with Crippen molar-refractivity contribution in [1.29, 1.82) is 0 Å². The molecule has 0 amide bonds. The van der Waals surface area contributed by atoms with Crippen LogP contribution < -0.4 is 11.1 Å². The van der Waals surface area contributed by atoms with Crippen LogP contribution in [0.1, 0.15) is 37.1 Å². The second-order valence-electron chi connectivity index (χ2n) is 5.00. The van der Waals surface area contributed by atoms with Crippen LogP contribution in [0.5, 0.6) is 0 Å². The van der Waals surface area contributed by atoms with Crippen LogP contribution >= 0.6 is 0 Å². The molecule has 0 aliphatic heterocycles. The Morgan fingerprint density at radius 1 is 1.50 bits per heavy atom. The third kappa shape index (κ3) is 3.19. The Hall–Kier alpha value is -1.17. The van der Waals surface area contributed by atoms with Gasteiger partial charge in [0.15, 0.2) is 0 Å². The number of rotatable bonds is 5. The highest BCUT2D eigenvalue weighted by molar-refractivity contribution is 7.84. The Kier molecular flexibility index (Phi) is 3.85. The molecule has 2 atom stereocenters. The molecule has 1 heterocycles. The molecule has 18 heavy (non-hydrogen) atoms. The van der Waals surface area contributed by atoms with Crippen molar-refractivity contribution in [3.05, 3.63) is 11.4 Å². The lowest BCUT2D eigenvalue weighted by Gasteiger charge is -2.16. The van der Waals surface area contributed by atoms with E-state index in [4.69, 9.17) is 5.73 Å². The molecule has 2 unspecified atom stereocenters. The number of aromatic nitrogens is 2. The minimum atomic E-state index is -0.820. The van der Waals surface area contributed by atoms with Crippen LogP contribution in [0, 0.1) is 6.92 Å². The number of nitrogens with one attached hydrogen (secondary N) is 1. The fourth-order valence-corrected chi connectivity index (χ4v) is 2.63. The zero-order chi connectivity index (χ0) is 13.3. The van der Waals surface area contributed by atoms with Crippen LogP contribution in [0.3, 0.4) is 0 Å². The van der Waals surface area contributed by atoms with E-state index in [0.717, 1.165) is 30.0 Å². The van der Waals surface area contributed by atoms with Crippen LogP contribution in [0.2, 0.25) is 0 Å². The zero-order valence-electron chi connectivity index (χ0n) is 11.1. The third-order valence-corrected chi connectivity index (χ3v) is 3.98. The summed E-state index contributed by atoms with van der Waals surface area (Å²) in [6.07, 6.45) is 4.00. The van der Waals surface area contributed by atoms with Crippen LogP contribution in [0.4, 0.5) is 11.6 Å². The van der Waals surface area contributed by atoms with Gasteiger partial charge in [-0.1, -0.05) is 0 Å². The topological polar surface area (TPSA) is 80.9 Å². The van der Waals surface area contributed by atoms with Gasteiger partial charge in [-0.05, 0) is 26.7 Å². The predicted octanol–water partition coefficient (Wildman–Crippen LogP) is 1.42. The molecule has 3 N–H and O–H groups in total. The number of nitrogens with zero attached hydrogens (tertiary/aromatic N) is 2. The number of nitrogen functional groups attached to an aromatic ring is 1. The van der Waals surface area contributed by atoms with Crippen molar-refractivity contribution >= 4 is 22.4 Å². The quantitative estimate of drug-likeness (QED) is 0.844. The molecule has 1 fully saturated rings. The fourth-order valence-electron chi connectivity index (χ4n) is 1.84. The second-order valence-corrected chi connectivity index (χ2v) is 6.48. The molecule has 6 heteroatoms. The Morgan fingerprint density at radius 3 is 2.72 bits per heavy atom. The Labute approximate surface area is 110 Å². The molecule has 1 aliphatic rings. The lowest BCUT2D eigenvalue weighted by atomic mass is 10.2. The highest BCUT2D eigenvalue weighted by atomic mass is 32.2. The molecule has 1 aliphatic carbocycles. The Bertz CT molecular complexity index is 473. The Balaban J connectivity index is 2.17. The summed E-state index contributed by atoms with van der Waals surface area (Å²) < 4.78 is 11.2. The van der Waals surface area contributed by atoms with Gasteiger partial charge in [-0.15, -0.1) is 0 Å². The van der Waals surface area contributed by atoms with Gasteiger partial charge in [0, 0.05) is 40.3 Å². The number of hydrogen-bond donors (Lipinski definition) is 2. The summed E-state index contributed by atoms with van der Waals surface area (Å²) in [6, 6.07) is 0.107. The van der Waals surface area contributed by atoms with Gasteiger partial charge >= 0.3 is 0 Å². The van der Waals surface area contributed by atoms with E-state index in [2.05, 4.69) is 15.3 Å². The summed E-state index contributed by atoms with van der Waals surface area (Å²) in [4.78, 5) is 8.87. The van der Waals surface area contributed by atoms with Gasteiger partial charge in [0.05, 0.1) is 0 Å². The second kappa shape index (κ2) is 5.22. The summed E-state index contributed by atoms with van der Waals surface area (Å²) in [6.45, 7) is 3.90. The first kappa shape index (κ1) is 13.3. The van der Waals surface area contributed by atoms with E-state index in [1.54, 1.807) is 6.26 Å². The van der Waals surface area contributed by atoms with Crippen LogP contribution in [-0.2, 0) is 10.8 Å². The summed E-state index contributed by atoms with van der Waals surface area (Å²) in [5.41, 5.74) is 6.78. The average molecular weight is 268 g/mol. The minimum absolute atomic E-state index is 0.107. The monoisotopic (exact) mass is 268 g/mol. The maximum Gasteiger partial charge on any atom is 0.136 e. The van der Waals surface area contributed by atoms with Gasteiger partial charge in [0.1, 0.15) is 17.5 Å². The van der Waals surface area contributed by atoms with Crippen molar-refractivity contribution in [2.24, 2.45) is 0 Å². The highest BCUT2D eigenvalue weighted by Gasteiger charge is 2.28. The molecule has 1 aromatic heterocycles. The average Bonchev–Trinajstić information content (AvgIpc) is 3.06. The van der Waals surface area contributed by atoms with Crippen molar-refractivity contribution in [3.8, 4) is 0 Å². The molecule has 100 valence electrons. The summed E-state index contributed by atoms with van der Waals surface area (Å²) in [7, 11) is -0.820. The summed E-state index contributed by atoms with van der Waals surface area (Å²) in [5.74, 6) is 3.23. The lowest BCUT2D eigenvalue weighted by Crippen LogP contribution is -2.24. The van der Waals surface area contributed by atoms with Gasteiger partial charge < -0.3 is 11.1 Å². The number of nitrogens with two attached hydrogens (primary N) is 1. The maximum atomic E-state index is 11.2. The highest BCUT2D eigenvalue weighted by Crippen LogP contribution is 2.39. The number of hydrogen-bond acceptors (Lipinski definition) is 5. The standard InChI is InChI=1S/C12H20N4OS/c1-7(6-18(3)17)14-11-8(2)10(13)15-12(16-11)9-4-5-9/h7,9H,4-6H2,1-3H3,(H3,13,14,15,16). The predicted molar refractivity (Wildman–Crippen MR) is 75.2 cm³/mol. The van der Waals surface area contributed by atoms with Crippen LogP contribution in [0.25, 0.3) is 0 Å². The maximum absolute atomic E-state index is 11.2. The Morgan fingerprint density at radius 2 is 2.17 bits per heavy atom. The van der Waals surface area contributed by atoms with E-state index in [9.17, 15) is 4.21 Å². The largest absolute Gasteiger partial charge is 0.383 e.